The Labute approximate surface area is 127 Å². The smallest absolute Gasteiger partial charge is 0.337 e. The number of carbonyl (C=O) groups is 2. The summed E-state index contributed by atoms with van der Waals surface area (Å²) in [5, 5.41) is 22.5. The molecule has 122 valence electrons. The number of urea groups is 1. The fourth-order valence-electron chi connectivity index (χ4n) is 1.44. The molecule has 0 aliphatic heterocycles. The van der Waals surface area contributed by atoms with Crippen molar-refractivity contribution in [1.29, 1.82) is 0 Å². The quantitative estimate of drug-likeness (QED) is 0.637. The predicted octanol–water partition coefficient (Wildman–Crippen LogP) is 1.57. The first-order valence-corrected chi connectivity index (χ1v) is 6.58. The molecular formula is C14H19FN2O5. The number of carbonyl (C=O) groups excluding carboxylic acids is 1. The highest BCUT2D eigenvalue weighted by Gasteiger charge is 2.30. The number of benzene rings is 1. The first kappa shape index (κ1) is 17.7. The lowest BCUT2D eigenvalue weighted by Crippen LogP contribution is -2.47. The summed E-state index contributed by atoms with van der Waals surface area (Å²) in [5.41, 5.74) is -2.20. The van der Waals surface area contributed by atoms with Gasteiger partial charge < -0.3 is 25.6 Å². The van der Waals surface area contributed by atoms with E-state index in [9.17, 15) is 19.1 Å². The standard InChI is InChI=1S/C14H19FN2O5/c1-8(2)22-9-4-5-11(10(15)6-9)17-13(20)16-7-14(3,21)12(18)19/h4-6,8,21H,7H2,1-3H3,(H,18,19)(H2,16,17,20). The monoisotopic (exact) mass is 314 g/mol. The molecule has 2 amide bonds. The van der Waals surface area contributed by atoms with Gasteiger partial charge in [0.1, 0.15) is 11.6 Å². The van der Waals surface area contributed by atoms with Crippen molar-refractivity contribution in [3.05, 3.63) is 24.0 Å². The van der Waals surface area contributed by atoms with Crippen LogP contribution in [0.25, 0.3) is 0 Å². The van der Waals surface area contributed by atoms with Gasteiger partial charge in [0, 0.05) is 6.07 Å². The largest absolute Gasteiger partial charge is 0.491 e. The van der Waals surface area contributed by atoms with Gasteiger partial charge in [-0.25, -0.2) is 14.0 Å². The third kappa shape index (κ3) is 5.21. The zero-order valence-corrected chi connectivity index (χ0v) is 12.5. The number of nitrogens with one attached hydrogen (secondary N) is 2. The number of aliphatic carboxylic acids is 1. The Hall–Kier alpha value is -2.35. The number of amides is 2. The Morgan fingerprint density at radius 3 is 2.55 bits per heavy atom. The summed E-state index contributed by atoms with van der Waals surface area (Å²) >= 11 is 0. The van der Waals surface area contributed by atoms with Gasteiger partial charge in [-0.05, 0) is 32.9 Å². The van der Waals surface area contributed by atoms with Gasteiger partial charge in [-0.2, -0.15) is 0 Å². The molecule has 1 aromatic carbocycles. The van der Waals surface area contributed by atoms with Crippen molar-refractivity contribution in [3.8, 4) is 5.75 Å². The summed E-state index contributed by atoms with van der Waals surface area (Å²) in [7, 11) is 0. The van der Waals surface area contributed by atoms with Crippen LogP contribution in [0, 0.1) is 5.82 Å². The molecule has 7 nitrogen and oxygen atoms in total. The summed E-state index contributed by atoms with van der Waals surface area (Å²) < 4.78 is 19.1. The zero-order valence-electron chi connectivity index (χ0n) is 12.5. The van der Waals surface area contributed by atoms with Gasteiger partial charge >= 0.3 is 12.0 Å². The summed E-state index contributed by atoms with van der Waals surface area (Å²) in [6.45, 7) is 4.11. The van der Waals surface area contributed by atoms with Crippen LogP contribution in [0.1, 0.15) is 20.8 Å². The number of halogens is 1. The van der Waals surface area contributed by atoms with E-state index < -0.39 is 30.0 Å². The summed E-state index contributed by atoms with van der Waals surface area (Å²) in [5.74, 6) is -1.85. The van der Waals surface area contributed by atoms with Crippen LogP contribution in [-0.4, -0.2) is 40.5 Å². The first-order chi connectivity index (χ1) is 10.1. The summed E-state index contributed by atoms with van der Waals surface area (Å²) in [4.78, 5) is 22.2. The van der Waals surface area contributed by atoms with E-state index in [0.29, 0.717) is 5.75 Å². The van der Waals surface area contributed by atoms with E-state index in [1.165, 1.54) is 12.1 Å². The van der Waals surface area contributed by atoms with Crippen molar-refractivity contribution in [2.45, 2.75) is 32.5 Å². The van der Waals surface area contributed by atoms with Gasteiger partial charge in [0.05, 0.1) is 18.3 Å². The van der Waals surface area contributed by atoms with Crippen molar-refractivity contribution in [3.63, 3.8) is 0 Å². The lowest BCUT2D eigenvalue weighted by molar-refractivity contribution is -0.155. The number of ether oxygens (including phenoxy) is 1. The number of carboxylic acid groups (broad SMARTS) is 1. The molecular weight excluding hydrogens is 295 g/mol. The molecule has 0 saturated heterocycles. The SMILES string of the molecule is CC(C)Oc1ccc(NC(=O)NCC(C)(O)C(=O)O)c(F)c1. The van der Waals surface area contributed by atoms with E-state index in [2.05, 4.69) is 10.6 Å². The molecule has 0 heterocycles. The fourth-order valence-corrected chi connectivity index (χ4v) is 1.44. The Kier molecular flexibility index (Phi) is 5.69. The van der Waals surface area contributed by atoms with Gasteiger partial charge in [-0.15, -0.1) is 0 Å². The third-order valence-corrected chi connectivity index (χ3v) is 2.61. The van der Waals surface area contributed by atoms with Crippen LogP contribution in [0.2, 0.25) is 0 Å². The molecule has 0 spiro atoms. The Balaban J connectivity index is 2.63. The number of hydrogen-bond acceptors (Lipinski definition) is 4. The van der Waals surface area contributed by atoms with Crippen molar-refractivity contribution in [2.75, 3.05) is 11.9 Å². The first-order valence-electron chi connectivity index (χ1n) is 6.58. The van der Waals surface area contributed by atoms with Crippen LogP contribution in [-0.2, 0) is 4.79 Å². The molecule has 0 aliphatic carbocycles. The molecule has 0 saturated carbocycles. The molecule has 0 fully saturated rings. The number of rotatable bonds is 6. The zero-order chi connectivity index (χ0) is 16.9. The van der Waals surface area contributed by atoms with Crippen molar-refractivity contribution in [1.82, 2.24) is 5.32 Å². The highest BCUT2D eigenvalue weighted by molar-refractivity contribution is 5.90. The highest BCUT2D eigenvalue weighted by Crippen LogP contribution is 2.21. The van der Waals surface area contributed by atoms with Crippen molar-refractivity contribution < 1.29 is 28.9 Å². The molecule has 0 radical (unpaired) electrons. The molecule has 4 N–H and O–H groups in total. The van der Waals surface area contributed by atoms with Gasteiger partial charge in [0.15, 0.2) is 5.60 Å². The van der Waals surface area contributed by atoms with E-state index >= 15 is 0 Å². The maximum atomic E-state index is 13.8. The van der Waals surface area contributed by atoms with Crippen LogP contribution >= 0.6 is 0 Å². The second-order valence-corrected chi connectivity index (χ2v) is 5.19. The van der Waals surface area contributed by atoms with Crippen LogP contribution in [0.5, 0.6) is 5.75 Å². The molecule has 1 unspecified atom stereocenters. The summed E-state index contributed by atoms with van der Waals surface area (Å²) in [6.07, 6.45) is -0.111. The minimum absolute atomic E-state index is 0.0939. The minimum Gasteiger partial charge on any atom is -0.491 e. The van der Waals surface area contributed by atoms with Gasteiger partial charge in [-0.1, -0.05) is 0 Å². The van der Waals surface area contributed by atoms with Gasteiger partial charge in [0.2, 0.25) is 0 Å². The highest BCUT2D eigenvalue weighted by atomic mass is 19.1. The molecule has 22 heavy (non-hydrogen) atoms. The Morgan fingerprint density at radius 2 is 2.05 bits per heavy atom. The van der Waals surface area contributed by atoms with E-state index in [4.69, 9.17) is 9.84 Å². The predicted molar refractivity (Wildman–Crippen MR) is 77.4 cm³/mol. The average molecular weight is 314 g/mol. The Morgan fingerprint density at radius 1 is 1.41 bits per heavy atom. The molecule has 8 heteroatoms. The van der Waals surface area contributed by atoms with Crippen LogP contribution < -0.4 is 15.4 Å². The van der Waals surface area contributed by atoms with E-state index in [1.807, 2.05) is 0 Å². The van der Waals surface area contributed by atoms with Gasteiger partial charge in [0.25, 0.3) is 0 Å². The van der Waals surface area contributed by atoms with Crippen LogP contribution in [0.3, 0.4) is 0 Å². The van der Waals surface area contributed by atoms with Crippen molar-refractivity contribution in [2.24, 2.45) is 0 Å². The maximum absolute atomic E-state index is 13.8. The Bertz CT molecular complexity index is 560. The van der Waals surface area contributed by atoms with Crippen LogP contribution in [0.15, 0.2) is 18.2 Å². The van der Waals surface area contributed by atoms with E-state index in [0.717, 1.165) is 13.0 Å². The molecule has 1 atom stereocenters. The molecule has 1 rings (SSSR count). The number of anilines is 1. The molecule has 1 aromatic rings. The number of aliphatic hydroxyl groups is 1. The van der Waals surface area contributed by atoms with E-state index in [1.54, 1.807) is 13.8 Å². The van der Waals surface area contributed by atoms with Crippen molar-refractivity contribution >= 4 is 17.7 Å². The summed E-state index contributed by atoms with van der Waals surface area (Å²) in [6, 6.07) is 3.11. The van der Waals surface area contributed by atoms with Crippen LogP contribution in [0.4, 0.5) is 14.9 Å². The number of hydrogen-bond donors (Lipinski definition) is 4. The fraction of sp³-hybridized carbons (Fsp3) is 0.429. The van der Waals surface area contributed by atoms with E-state index in [-0.39, 0.29) is 11.8 Å². The molecule has 0 aromatic heterocycles. The third-order valence-electron chi connectivity index (χ3n) is 2.61. The number of carboxylic acids is 1. The molecule has 0 aliphatic rings. The maximum Gasteiger partial charge on any atom is 0.337 e. The topological polar surface area (TPSA) is 108 Å². The molecule has 0 bridgehead atoms. The normalized spacial score (nSPS) is 13.4. The lowest BCUT2D eigenvalue weighted by Gasteiger charge is -2.18. The second-order valence-electron chi connectivity index (χ2n) is 5.19. The van der Waals surface area contributed by atoms with Gasteiger partial charge in [-0.3, -0.25) is 0 Å². The second kappa shape index (κ2) is 7.08. The minimum atomic E-state index is -2.11. The lowest BCUT2D eigenvalue weighted by atomic mass is 10.1. The average Bonchev–Trinajstić information content (AvgIpc) is 2.39.